The summed E-state index contributed by atoms with van der Waals surface area (Å²) < 4.78 is 1.19. The Hall–Kier alpha value is -2.17. The topological polar surface area (TPSA) is 32.3 Å². The van der Waals surface area contributed by atoms with Crippen molar-refractivity contribution in [3.05, 3.63) is 82.3 Å². The van der Waals surface area contributed by atoms with E-state index < -0.39 is 0 Å². The van der Waals surface area contributed by atoms with E-state index in [1.165, 1.54) is 28.3 Å². The normalized spacial score (nSPS) is 24.0. The number of nitrogens with one attached hydrogen (secondary N) is 1. The van der Waals surface area contributed by atoms with Crippen LogP contribution in [-0.2, 0) is 6.54 Å². The molecule has 1 N–H and O–H groups in total. The zero-order chi connectivity index (χ0) is 19.8. The molecule has 5 rings (SSSR count). The molecule has 2 saturated heterocycles. The summed E-state index contributed by atoms with van der Waals surface area (Å²) in [5.74, 6) is 0.0550. The van der Waals surface area contributed by atoms with Crippen LogP contribution in [0.2, 0.25) is 0 Å². The second-order valence-corrected chi connectivity index (χ2v) is 9.21. The molecule has 2 unspecified atom stereocenters. The van der Waals surface area contributed by atoms with Crippen LogP contribution in [-0.4, -0.2) is 28.9 Å². The molecule has 2 fully saturated rings. The van der Waals surface area contributed by atoms with Crippen LogP contribution < -0.4 is 5.32 Å². The number of rotatable bonds is 4. The van der Waals surface area contributed by atoms with Gasteiger partial charge in [0.05, 0.1) is 0 Å². The van der Waals surface area contributed by atoms with Gasteiger partial charge in [-0.2, -0.15) is 0 Å². The number of hydrogen-bond donors (Lipinski definition) is 1. The molecule has 0 aromatic heterocycles. The lowest BCUT2D eigenvalue weighted by atomic mass is 9.96. The molecule has 2 atom stereocenters. The van der Waals surface area contributed by atoms with Crippen LogP contribution in [0, 0.1) is 0 Å². The van der Waals surface area contributed by atoms with E-state index >= 15 is 0 Å². The van der Waals surface area contributed by atoms with Gasteiger partial charge >= 0.3 is 0 Å². The first kappa shape index (κ1) is 18.8. The molecule has 3 aromatic carbocycles. The number of amides is 1. The van der Waals surface area contributed by atoms with Crippen LogP contribution in [0.15, 0.2) is 71.2 Å². The minimum Gasteiger partial charge on any atom is -0.349 e. The molecule has 3 nitrogen and oxygen atoms in total. The minimum atomic E-state index is 0.0550. The van der Waals surface area contributed by atoms with Crippen molar-refractivity contribution in [3.63, 3.8) is 0 Å². The minimum absolute atomic E-state index is 0.0550. The van der Waals surface area contributed by atoms with Gasteiger partial charge in [-0.25, -0.2) is 0 Å². The second-order valence-electron chi connectivity index (χ2n) is 8.35. The van der Waals surface area contributed by atoms with Crippen molar-refractivity contribution < 1.29 is 4.79 Å². The Balaban J connectivity index is 1.26. The van der Waals surface area contributed by atoms with Gasteiger partial charge in [-0.3, -0.25) is 9.69 Å². The van der Waals surface area contributed by atoms with E-state index in [4.69, 9.17) is 0 Å². The smallest absolute Gasteiger partial charge is 0.251 e. The van der Waals surface area contributed by atoms with E-state index in [1.54, 1.807) is 0 Å². The van der Waals surface area contributed by atoms with Gasteiger partial charge in [-0.1, -0.05) is 64.5 Å². The maximum atomic E-state index is 12.9. The van der Waals surface area contributed by atoms with E-state index in [-0.39, 0.29) is 11.9 Å². The van der Waals surface area contributed by atoms with E-state index in [0.29, 0.717) is 12.1 Å². The number of nitrogens with zero attached hydrogens (tertiary/aromatic N) is 1. The van der Waals surface area contributed by atoms with Crippen LogP contribution in [0.1, 0.15) is 41.6 Å². The number of halogens is 1. The summed E-state index contributed by atoms with van der Waals surface area (Å²) in [7, 11) is 0. The van der Waals surface area contributed by atoms with Gasteiger partial charge in [0.1, 0.15) is 0 Å². The first-order valence-electron chi connectivity index (χ1n) is 10.5. The Labute approximate surface area is 180 Å². The van der Waals surface area contributed by atoms with Gasteiger partial charge in [0, 0.05) is 34.7 Å². The fraction of sp³-hybridized carbons (Fsp3) is 0.320. The average molecular weight is 449 g/mol. The highest BCUT2D eigenvalue weighted by molar-refractivity contribution is 9.10. The zero-order valence-electron chi connectivity index (χ0n) is 16.4. The molecule has 0 spiro atoms. The maximum absolute atomic E-state index is 12.9. The van der Waals surface area contributed by atoms with Gasteiger partial charge in [-0.05, 0) is 60.2 Å². The van der Waals surface area contributed by atoms with E-state index in [1.807, 2.05) is 30.3 Å². The monoisotopic (exact) mass is 448 g/mol. The molecule has 0 saturated carbocycles. The lowest BCUT2D eigenvalue weighted by molar-refractivity contribution is 0.0827. The summed E-state index contributed by atoms with van der Waals surface area (Å²) in [5.41, 5.74) is 2.11. The van der Waals surface area contributed by atoms with Crippen LogP contribution in [0.5, 0.6) is 0 Å². The lowest BCUT2D eigenvalue weighted by Crippen LogP contribution is -2.50. The Morgan fingerprint density at radius 3 is 2.38 bits per heavy atom. The van der Waals surface area contributed by atoms with Crippen molar-refractivity contribution in [2.75, 3.05) is 0 Å². The summed E-state index contributed by atoms with van der Waals surface area (Å²) in [6.07, 6.45) is 4.55. The Morgan fingerprint density at radius 1 is 0.931 bits per heavy atom. The lowest BCUT2D eigenvalue weighted by Gasteiger charge is -2.39. The third kappa shape index (κ3) is 3.84. The highest BCUT2D eigenvalue weighted by Crippen LogP contribution is 2.37. The van der Waals surface area contributed by atoms with Crippen molar-refractivity contribution in [1.82, 2.24) is 10.2 Å². The fourth-order valence-electron chi connectivity index (χ4n) is 5.07. The summed E-state index contributed by atoms with van der Waals surface area (Å²) in [4.78, 5) is 15.5. The molecule has 3 aromatic rings. The number of benzene rings is 3. The maximum Gasteiger partial charge on any atom is 0.251 e. The quantitative estimate of drug-likeness (QED) is 0.568. The van der Waals surface area contributed by atoms with Crippen LogP contribution >= 0.6 is 15.9 Å². The molecule has 1 amide bonds. The van der Waals surface area contributed by atoms with Gasteiger partial charge in [0.25, 0.3) is 5.91 Å². The Bertz CT molecular complexity index is 1040. The van der Waals surface area contributed by atoms with Crippen LogP contribution in [0.3, 0.4) is 0 Å². The van der Waals surface area contributed by atoms with Crippen molar-refractivity contribution in [2.45, 2.75) is 50.4 Å². The second kappa shape index (κ2) is 7.92. The predicted octanol–water partition coefficient (Wildman–Crippen LogP) is 5.53. The number of piperidine rings is 1. The van der Waals surface area contributed by atoms with Gasteiger partial charge in [0.15, 0.2) is 0 Å². The van der Waals surface area contributed by atoms with E-state index in [9.17, 15) is 4.79 Å². The third-order valence-electron chi connectivity index (χ3n) is 6.54. The largest absolute Gasteiger partial charge is 0.349 e. The zero-order valence-corrected chi connectivity index (χ0v) is 17.9. The van der Waals surface area contributed by atoms with E-state index in [2.05, 4.69) is 62.5 Å². The number of fused-ring (bicyclic) bond motifs is 3. The summed E-state index contributed by atoms with van der Waals surface area (Å²) in [6.45, 7) is 0.988. The molecular weight excluding hydrogens is 424 g/mol. The summed E-state index contributed by atoms with van der Waals surface area (Å²) in [5, 5.41) is 5.60. The van der Waals surface area contributed by atoms with Crippen molar-refractivity contribution in [2.24, 2.45) is 0 Å². The number of hydrogen-bond acceptors (Lipinski definition) is 2. The van der Waals surface area contributed by atoms with Crippen molar-refractivity contribution in [3.8, 4) is 0 Å². The Kier molecular flexibility index (Phi) is 5.15. The fourth-order valence-corrected chi connectivity index (χ4v) is 5.48. The summed E-state index contributed by atoms with van der Waals surface area (Å²) >= 11 is 3.69. The molecule has 29 heavy (non-hydrogen) atoms. The molecule has 2 bridgehead atoms. The molecule has 2 heterocycles. The SMILES string of the molecule is O=C(NC1CC2CCC(C1)N2Cc1ccccc1Br)c1ccc2ccccc2c1. The van der Waals surface area contributed by atoms with E-state index in [0.717, 1.165) is 30.3 Å². The predicted molar refractivity (Wildman–Crippen MR) is 121 cm³/mol. The summed E-state index contributed by atoms with van der Waals surface area (Å²) in [6, 6.07) is 24.0. The van der Waals surface area contributed by atoms with Crippen molar-refractivity contribution >= 4 is 32.6 Å². The Morgan fingerprint density at radius 2 is 1.62 bits per heavy atom. The molecule has 0 radical (unpaired) electrons. The first-order chi connectivity index (χ1) is 14.2. The molecule has 148 valence electrons. The van der Waals surface area contributed by atoms with Crippen molar-refractivity contribution in [1.29, 1.82) is 0 Å². The standard InChI is InChI=1S/C25H25BrN2O/c26-24-8-4-3-7-20(24)16-28-22-11-12-23(28)15-21(14-22)27-25(29)19-10-9-17-5-1-2-6-18(17)13-19/h1-10,13,21-23H,11-12,14-16H2,(H,27,29). The highest BCUT2D eigenvalue weighted by atomic mass is 79.9. The number of carbonyl (C=O) groups excluding carboxylic acids is 1. The van der Waals surface area contributed by atoms with Crippen LogP contribution in [0.25, 0.3) is 10.8 Å². The highest BCUT2D eigenvalue weighted by Gasteiger charge is 2.41. The van der Waals surface area contributed by atoms with Gasteiger partial charge in [-0.15, -0.1) is 0 Å². The van der Waals surface area contributed by atoms with Crippen LogP contribution in [0.4, 0.5) is 0 Å². The average Bonchev–Trinajstić information content (AvgIpc) is 2.97. The van der Waals surface area contributed by atoms with Gasteiger partial charge < -0.3 is 5.32 Å². The molecule has 0 aliphatic carbocycles. The molecule has 4 heteroatoms. The molecule has 2 aliphatic heterocycles. The molecular formula is C25H25BrN2O. The molecule has 2 aliphatic rings. The number of carbonyl (C=O) groups is 1. The third-order valence-corrected chi connectivity index (χ3v) is 7.32. The first-order valence-corrected chi connectivity index (χ1v) is 11.3. The van der Waals surface area contributed by atoms with Gasteiger partial charge in [0.2, 0.25) is 0 Å².